The molecule has 0 atom stereocenters. The predicted octanol–water partition coefficient (Wildman–Crippen LogP) is 1.39. The summed E-state index contributed by atoms with van der Waals surface area (Å²) in [4.78, 5) is 36.3. The Bertz CT molecular complexity index is 809. The number of carbonyl (C=O) groups excluding carboxylic acids is 2. The maximum atomic E-state index is 12.4. The first kappa shape index (κ1) is 16.7. The quantitative estimate of drug-likeness (QED) is 0.837. The van der Waals surface area contributed by atoms with E-state index in [0.29, 0.717) is 10.8 Å². The molecule has 0 aliphatic carbocycles. The maximum absolute atomic E-state index is 12.4. The van der Waals surface area contributed by atoms with Crippen LogP contribution >= 0.6 is 0 Å². The molecular formula is C16H20N4O3. The fraction of sp³-hybridized carbons (Fsp3) is 0.375. The predicted molar refractivity (Wildman–Crippen MR) is 86.8 cm³/mol. The molecule has 0 fully saturated rings. The third-order valence-corrected chi connectivity index (χ3v) is 3.36. The van der Waals surface area contributed by atoms with Crippen molar-refractivity contribution in [2.24, 2.45) is 5.92 Å². The molecule has 0 aliphatic heterocycles. The van der Waals surface area contributed by atoms with Gasteiger partial charge in [0.05, 0.1) is 11.4 Å². The average Bonchev–Trinajstić information content (AvgIpc) is 2.52. The highest BCUT2D eigenvalue weighted by Crippen LogP contribution is 2.14. The summed E-state index contributed by atoms with van der Waals surface area (Å²) >= 11 is 0. The van der Waals surface area contributed by atoms with Crippen LogP contribution in [0.15, 0.2) is 29.1 Å². The number of hydrogen-bond acceptors (Lipinski definition) is 4. The van der Waals surface area contributed by atoms with Gasteiger partial charge in [-0.2, -0.15) is 5.10 Å². The number of hydrazine groups is 1. The Balaban J connectivity index is 2.47. The van der Waals surface area contributed by atoms with E-state index in [4.69, 9.17) is 0 Å². The van der Waals surface area contributed by atoms with Crippen LogP contribution in [0.3, 0.4) is 0 Å². The number of hydrogen-bond donors (Lipinski definition) is 2. The van der Waals surface area contributed by atoms with Crippen molar-refractivity contribution in [3.05, 3.63) is 40.3 Å². The number of nitrogens with one attached hydrogen (secondary N) is 2. The molecule has 7 nitrogen and oxygen atoms in total. The molecule has 0 saturated heterocycles. The second-order valence-electron chi connectivity index (χ2n) is 5.84. The van der Waals surface area contributed by atoms with Gasteiger partial charge in [0.25, 0.3) is 11.5 Å². The lowest BCUT2D eigenvalue weighted by Gasteiger charge is -2.14. The topological polar surface area (TPSA) is 93.1 Å². The van der Waals surface area contributed by atoms with E-state index >= 15 is 0 Å². The highest BCUT2D eigenvalue weighted by molar-refractivity contribution is 6.05. The highest BCUT2D eigenvalue weighted by atomic mass is 16.2. The second-order valence-corrected chi connectivity index (χ2v) is 5.84. The van der Waals surface area contributed by atoms with E-state index in [1.54, 1.807) is 38.1 Å². The van der Waals surface area contributed by atoms with E-state index in [0.717, 1.165) is 0 Å². The fourth-order valence-corrected chi connectivity index (χ4v) is 2.05. The molecule has 1 aromatic carbocycles. The van der Waals surface area contributed by atoms with Gasteiger partial charge in [0.1, 0.15) is 0 Å². The number of aromatic nitrogens is 2. The first-order valence-electron chi connectivity index (χ1n) is 7.44. The lowest BCUT2D eigenvalue weighted by molar-refractivity contribution is -0.124. The molecule has 2 rings (SSSR count). The summed E-state index contributed by atoms with van der Waals surface area (Å²) in [7, 11) is 0. The minimum Gasteiger partial charge on any atom is -0.273 e. The van der Waals surface area contributed by atoms with Crippen LogP contribution in [0.1, 0.15) is 44.2 Å². The van der Waals surface area contributed by atoms with Crippen LogP contribution in [0.25, 0.3) is 10.8 Å². The molecule has 0 aliphatic rings. The van der Waals surface area contributed by atoms with Gasteiger partial charge in [-0.25, -0.2) is 4.68 Å². The van der Waals surface area contributed by atoms with Gasteiger partial charge in [-0.05, 0) is 19.9 Å². The van der Waals surface area contributed by atoms with E-state index in [1.807, 2.05) is 13.8 Å². The zero-order valence-electron chi connectivity index (χ0n) is 13.6. The van der Waals surface area contributed by atoms with Crippen molar-refractivity contribution in [1.82, 2.24) is 20.6 Å². The Kier molecular flexibility index (Phi) is 4.78. The van der Waals surface area contributed by atoms with E-state index in [-0.39, 0.29) is 29.1 Å². The van der Waals surface area contributed by atoms with Gasteiger partial charge in [-0.1, -0.05) is 32.0 Å². The third-order valence-electron chi connectivity index (χ3n) is 3.36. The molecule has 0 unspecified atom stereocenters. The van der Waals surface area contributed by atoms with Gasteiger partial charge in [-0.3, -0.25) is 25.2 Å². The first-order valence-corrected chi connectivity index (χ1v) is 7.44. The minimum atomic E-state index is -0.565. The van der Waals surface area contributed by atoms with Crippen molar-refractivity contribution in [2.75, 3.05) is 0 Å². The van der Waals surface area contributed by atoms with Crippen LogP contribution in [-0.2, 0) is 4.79 Å². The lowest BCUT2D eigenvalue weighted by atomic mass is 10.1. The Morgan fingerprint density at radius 2 is 1.65 bits per heavy atom. The van der Waals surface area contributed by atoms with E-state index < -0.39 is 5.91 Å². The summed E-state index contributed by atoms with van der Waals surface area (Å²) in [6, 6.07) is 6.59. The van der Waals surface area contributed by atoms with E-state index in [9.17, 15) is 14.4 Å². The van der Waals surface area contributed by atoms with Crippen molar-refractivity contribution in [2.45, 2.75) is 33.7 Å². The summed E-state index contributed by atoms with van der Waals surface area (Å²) in [6.07, 6.45) is 0. The summed E-state index contributed by atoms with van der Waals surface area (Å²) in [5.41, 5.74) is 4.53. The molecule has 23 heavy (non-hydrogen) atoms. The summed E-state index contributed by atoms with van der Waals surface area (Å²) in [6.45, 7) is 7.05. The Morgan fingerprint density at radius 3 is 2.22 bits per heavy atom. The monoisotopic (exact) mass is 316 g/mol. The average molecular weight is 316 g/mol. The van der Waals surface area contributed by atoms with Crippen LogP contribution in [0.5, 0.6) is 0 Å². The van der Waals surface area contributed by atoms with Crippen molar-refractivity contribution in [1.29, 1.82) is 0 Å². The molecule has 0 saturated carbocycles. The summed E-state index contributed by atoms with van der Waals surface area (Å²) < 4.78 is 1.27. The van der Waals surface area contributed by atoms with Gasteiger partial charge < -0.3 is 0 Å². The minimum absolute atomic E-state index is 0.0953. The Morgan fingerprint density at radius 1 is 1.04 bits per heavy atom. The van der Waals surface area contributed by atoms with Gasteiger partial charge in [0.2, 0.25) is 5.91 Å². The largest absolute Gasteiger partial charge is 0.290 e. The smallest absolute Gasteiger partial charge is 0.273 e. The molecule has 2 amide bonds. The van der Waals surface area contributed by atoms with Crippen molar-refractivity contribution in [3.63, 3.8) is 0 Å². The molecule has 122 valence electrons. The van der Waals surface area contributed by atoms with Crippen LogP contribution in [0, 0.1) is 5.92 Å². The zero-order chi connectivity index (χ0) is 17.1. The van der Waals surface area contributed by atoms with Crippen LogP contribution in [0.2, 0.25) is 0 Å². The molecule has 0 spiro atoms. The van der Waals surface area contributed by atoms with Gasteiger partial charge in [-0.15, -0.1) is 0 Å². The number of carbonyl (C=O) groups is 2. The Hall–Kier alpha value is -2.70. The third kappa shape index (κ3) is 3.39. The molecule has 2 aromatic rings. The molecule has 7 heteroatoms. The normalized spacial score (nSPS) is 11.0. The number of nitrogens with zero attached hydrogens (tertiary/aromatic N) is 2. The summed E-state index contributed by atoms with van der Waals surface area (Å²) in [5, 5.41) is 5.03. The fourth-order valence-electron chi connectivity index (χ4n) is 2.05. The lowest BCUT2D eigenvalue weighted by Crippen LogP contribution is -2.44. The highest BCUT2D eigenvalue weighted by Gasteiger charge is 2.18. The maximum Gasteiger partial charge on any atom is 0.290 e. The molecule has 1 aromatic heterocycles. The van der Waals surface area contributed by atoms with Gasteiger partial charge in [0, 0.05) is 11.3 Å². The van der Waals surface area contributed by atoms with Crippen molar-refractivity contribution >= 4 is 22.6 Å². The van der Waals surface area contributed by atoms with Gasteiger partial charge >= 0.3 is 0 Å². The zero-order valence-corrected chi connectivity index (χ0v) is 13.6. The molecule has 0 bridgehead atoms. The Labute approximate surface area is 133 Å². The SMILES string of the molecule is CC(C)C(=O)NNC(=O)c1nn(C(C)C)c(=O)c2ccccc12. The van der Waals surface area contributed by atoms with Gasteiger partial charge in [0.15, 0.2) is 5.69 Å². The molecule has 2 N–H and O–H groups in total. The molecular weight excluding hydrogens is 296 g/mol. The molecule has 1 heterocycles. The number of amides is 2. The van der Waals surface area contributed by atoms with Crippen LogP contribution in [0.4, 0.5) is 0 Å². The van der Waals surface area contributed by atoms with Crippen molar-refractivity contribution < 1.29 is 9.59 Å². The standard InChI is InChI=1S/C16H20N4O3/c1-9(2)14(21)17-18-15(22)13-11-7-5-6-8-12(11)16(23)20(19-13)10(3)4/h5-10H,1-4H3,(H,17,21)(H,18,22). The van der Waals surface area contributed by atoms with Crippen LogP contribution < -0.4 is 16.4 Å². The summed E-state index contributed by atoms with van der Waals surface area (Å²) in [5.74, 6) is -1.13. The van der Waals surface area contributed by atoms with E-state index in [2.05, 4.69) is 16.0 Å². The van der Waals surface area contributed by atoms with Crippen molar-refractivity contribution in [3.8, 4) is 0 Å². The molecule has 0 radical (unpaired) electrons. The number of fused-ring (bicyclic) bond motifs is 1. The van der Waals surface area contributed by atoms with Crippen LogP contribution in [-0.4, -0.2) is 21.6 Å². The number of rotatable bonds is 3. The second kappa shape index (κ2) is 6.60. The number of benzene rings is 1. The first-order chi connectivity index (χ1) is 10.8. The van der Waals surface area contributed by atoms with E-state index in [1.165, 1.54) is 4.68 Å².